The van der Waals surface area contributed by atoms with Gasteiger partial charge in [-0.15, -0.1) is 0 Å². The number of para-hydroxylation sites is 1. The molecule has 0 radical (unpaired) electrons. The maximum absolute atomic E-state index is 14.7. The van der Waals surface area contributed by atoms with E-state index < -0.39 is 33.0 Å². The summed E-state index contributed by atoms with van der Waals surface area (Å²) in [6, 6.07) is 17.0. The Bertz CT molecular complexity index is 1570. The van der Waals surface area contributed by atoms with E-state index in [9.17, 15) is 19.5 Å². The Labute approximate surface area is 335 Å². The minimum absolute atomic E-state index is 0.0183. The van der Waals surface area contributed by atoms with E-state index in [0.29, 0.717) is 31.3 Å². The summed E-state index contributed by atoms with van der Waals surface area (Å²) in [5.41, 5.74) is -2.75. The minimum atomic E-state index is -0.973. The van der Waals surface area contributed by atoms with Crippen LogP contribution in [0.15, 0.2) is 54.6 Å². The normalized spacial score (nSPS) is 15.8. The number of benzene rings is 2. The van der Waals surface area contributed by atoms with Crippen LogP contribution in [0.1, 0.15) is 165 Å². The highest BCUT2D eigenvalue weighted by molar-refractivity contribution is 5.96. The summed E-state index contributed by atoms with van der Waals surface area (Å²) in [6.07, 6.45) is 3.63. The number of aromatic hydroxyl groups is 1. The number of ether oxygens (including phenoxy) is 2. The van der Waals surface area contributed by atoms with Crippen LogP contribution in [0.4, 0.5) is 0 Å². The molecule has 2 rings (SSSR count). The first-order valence-corrected chi connectivity index (χ1v) is 20.6. The molecule has 0 aliphatic heterocycles. The molecule has 0 heterocycles. The number of amides is 1. The van der Waals surface area contributed by atoms with Gasteiger partial charge in [-0.25, -0.2) is 0 Å². The topological polar surface area (TPSA) is 102 Å². The fraction of sp³-hybridized carbons (Fsp3) is 0.688. The second kappa shape index (κ2) is 18.3. The highest BCUT2D eigenvalue weighted by atomic mass is 16.5. The predicted molar refractivity (Wildman–Crippen MR) is 226 cm³/mol. The van der Waals surface area contributed by atoms with Gasteiger partial charge in [0.25, 0.3) is 5.91 Å². The lowest BCUT2D eigenvalue weighted by Gasteiger charge is -2.59. The number of hydrogen-bond donors (Lipinski definition) is 2. The molecule has 0 saturated carbocycles. The number of phenolic OH excluding ortho intramolecular Hbond substituents is 1. The molecule has 7 nitrogen and oxygen atoms in total. The lowest BCUT2D eigenvalue weighted by atomic mass is 9.44. The van der Waals surface area contributed by atoms with Gasteiger partial charge in [0.2, 0.25) is 0 Å². The van der Waals surface area contributed by atoms with E-state index >= 15 is 0 Å². The van der Waals surface area contributed by atoms with Gasteiger partial charge in [0, 0.05) is 0 Å². The van der Waals surface area contributed by atoms with Crippen molar-refractivity contribution in [3.8, 4) is 5.75 Å². The lowest BCUT2D eigenvalue weighted by molar-refractivity contribution is -0.188. The van der Waals surface area contributed by atoms with Crippen molar-refractivity contribution >= 4 is 17.8 Å². The first kappa shape index (κ1) is 47.8. The summed E-state index contributed by atoms with van der Waals surface area (Å²) < 4.78 is 12.2. The molecule has 0 saturated heterocycles. The summed E-state index contributed by atoms with van der Waals surface area (Å²) in [5.74, 6) is -0.378. The maximum atomic E-state index is 14.7. The van der Waals surface area contributed by atoms with Crippen LogP contribution >= 0.6 is 0 Å². The van der Waals surface area contributed by atoms with Crippen molar-refractivity contribution < 1.29 is 29.0 Å². The number of carbonyl (C=O) groups excluding carboxylic acids is 3. The van der Waals surface area contributed by atoms with E-state index in [-0.39, 0.29) is 47.2 Å². The molecule has 2 aromatic rings. The van der Waals surface area contributed by atoms with Crippen molar-refractivity contribution in [3.05, 3.63) is 65.7 Å². The van der Waals surface area contributed by atoms with E-state index in [1.54, 1.807) is 18.2 Å². The third-order valence-electron chi connectivity index (χ3n) is 14.0. The van der Waals surface area contributed by atoms with Gasteiger partial charge in [0.05, 0.1) is 29.5 Å². The average Bonchev–Trinajstić information content (AvgIpc) is 3.08. The number of phenols is 1. The van der Waals surface area contributed by atoms with Crippen LogP contribution in [-0.2, 0) is 19.1 Å². The van der Waals surface area contributed by atoms with Crippen molar-refractivity contribution in [1.82, 2.24) is 5.32 Å². The maximum Gasteiger partial charge on any atom is 0.312 e. The highest BCUT2D eigenvalue weighted by Gasteiger charge is 2.63. The fourth-order valence-electron chi connectivity index (χ4n) is 8.70. The van der Waals surface area contributed by atoms with Gasteiger partial charge in [0.15, 0.2) is 0 Å². The quantitative estimate of drug-likeness (QED) is 0.103. The molecular formula is C48H77NO6. The smallest absolute Gasteiger partial charge is 0.312 e. The summed E-state index contributed by atoms with van der Waals surface area (Å²) in [6.45, 7) is 35.4. The molecule has 7 heteroatoms. The number of nitrogens with one attached hydrogen (secondary N) is 1. The first-order valence-electron chi connectivity index (χ1n) is 20.6. The van der Waals surface area contributed by atoms with E-state index in [4.69, 9.17) is 9.47 Å². The molecule has 55 heavy (non-hydrogen) atoms. The fourth-order valence-corrected chi connectivity index (χ4v) is 8.70. The summed E-state index contributed by atoms with van der Waals surface area (Å²) >= 11 is 0. The molecule has 0 fully saturated rings. The Morgan fingerprint density at radius 1 is 0.673 bits per heavy atom. The van der Waals surface area contributed by atoms with E-state index in [1.807, 2.05) is 6.92 Å². The Morgan fingerprint density at radius 2 is 1.16 bits per heavy atom. The van der Waals surface area contributed by atoms with Crippen molar-refractivity contribution in [2.75, 3.05) is 19.8 Å². The Morgan fingerprint density at radius 3 is 1.67 bits per heavy atom. The molecule has 2 N–H and O–H groups in total. The molecule has 310 valence electrons. The summed E-state index contributed by atoms with van der Waals surface area (Å²) in [4.78, 5) is 41.9. The van der Waals surface area contributed by atoms with Crippen molar-refractivity contribution in [3.63, 3.8) is 0 Å². The van der Waals surface area contributed by atoms with Gasteiger partial charge in [0.1, 0.15) is 12.4 Å². The minimum Gasteiger partial charge on any atom is -0.507 e. The molecule has 3 atom stereocenters. The SMILES string of the molecule is CCCCOC(=O)C(C)(CC(C)(C)C(C)(C)C(C)(CC(C)(C)C)C(=O)OCCNC(=O)c1ccccc1O)C(C)(C)C(C)(C)CC(c1ccccc1)C(C)C. The van der Waals surface area contributed by atoms with Crippen LogP contribution < -0.4 is 5.32 Å². The average molecular weight is 764 g/mol. The van der Waals surface area contributed by atoms with Crippen LogP contribution in [0, 0.1) is 43.8 Å². The molecule has 0 aromatic heterocycles. The zero-order valence-corrected chi connectivity index (χ0v) is 37.5. The van der Waals surface area contributed by atoms with Crippen LogP contribution in [0.25, 0.3) is 0 Å². The molecule has 0 aliphatic carbocycles. The lowest BCUT2D eigenvalue weighted by Crippen LogP contribution is -2.58. The van der Waals surface area contributed by atoms with Crippen LogP contribution in [0.2, 0.25) is 0 Å². The number of esters is 2. The monoisotopic (exact) mass is 764 g/mol. The molecule has 2 aromatic carbocycles. The molecule has 0 bridgehead atoms. The van der Waals surface area contributed by atoms with Gasteiger partial charge >= 0.3 is 11.9 Å². The van der Waals surface area contributed by atoms with Crippen LogP contribution in [0.3, 0.4) is 0 Å². The van der Waals surface area contributed by atoms with Gasteiger partial charge in [-0.3, -0.25) is 14.4 Å². The zero-order valence-electron chi connectivity index (χ0n) is 37.5. The standard InChI is InChI=1S/C48H77NO6/c1-17-18-29-54-41(53)48(16,45(11,12)43(7,8)31-37(34(2)3)35-24-20-19-21-25-35)33-44(9,10)46(13,14)47(15,32-42(4,5)6)40(52)55-30-28-49-39(51)36-26-22-23-27-38(36)50/h19-27,34,37,50H,17-18,28-33H2,1-16H3,(H,49,51). The molecule has 3 unspecified atom stereocenters. The first-order chi connectivity index (χ1) is 25.1. The summed E-state index contributed by atoms with van der Waals surface area (Å²) in [7, 11) is 0. The largest absolute Gasteiger partial charge is 0.507 e. The van der Waals surface area contributed by atoms with Gasteiger partial charge in [-0.1, -0.05) is 146 Å². The van der Waals surface area contributed by atoms with E-state index in [2.05, 4.69) is 140 Å². The third kappa shape index (κ3) is 10.9. The Hall–Kier alpha value is -3.35. The third-order valence-corrected chi connectivity index (χ3v) is 14.0. The van der Waals surface area contributed by atoms with Gasteiger partial charge in [-0.2, -0.15) is 0 Å². The molecule has 0 aliphatic rings. The number of rotatable bonds is 20. The van der Waals surface area contributed by atoms with Crippen LogP contribution in [-0.4, -0.2) is 42.7 Å². The highest BCUT2D eigenvalue weighted by Crippen LogP contribution is 2.65. The van der Waals surface area contributed by atoms with Gasteiger partial charge < -0.3 is 19.9 Å². The van der Waals surface area contributed by atoms with Crippen LogP contribution in [0.5, 0.6) is 5.75 Å². The van der Waals surface area contributed by atoms with Crippen molar-refractivity contribution in [2.24, 2.45) is 43.8 Å². The van der Waals surface area contributed by atoms with Crippen molar-refractivity contribution in [2.45, 2.75) is 149 Å². The second-order valence-electron chi connectivity index (χ2n) is 20.5. The van der Waals surface area contributed by atoms with Gasteiger partial charge in [-0.05, 0) is 96.1 Å². The van der Waals surface area contributed by atoms with E-state index in [1.165, 1.54) is 11.6 Å². The number of hydrogen-bond acceptors (Lipinski definition) is 6. The number of unbranched alkanes of at least 4 members (excludes halogenated alkanes) is 1. The second-order valence-corrected chi connectivity index (χ2v) is 20.5. The van der Waals surface area contributed by atoms with E-state index in [0.717, 1.165) is 19.3 Å². The molecular weight excluding hydrogens is 687 g/mol. The zero-order chi connectivity index (χ0) is 42.3. The Balaban J connectivity index is 2.56. The predicted octanol–water partition coefficient (Wildman–Crippen LogP) is 11.8. The molecule has 0 spiro atoms. The summed E-state index contributed by atoms with van der Waals surface area (Å²) in [5, 5.41) is 12.9. The number of carbonyl (C=O) groups is 3. The van der Waals surface area contributed by atoms with Crippen molar-refractivity contribution in [1.29, 1.82) is 0 Å². The molecule has 1 amide bonds. The Kier molecular flexibility index (Phi) is 15.9.